The number of nitrogens with zero attached hydrogens (tertiary/aromatic N) is 8. The number of nitrogen functional groups attached to an aromatic ring is 1. The van der Waals surface area contributed by atoms with Crippen LogP contribution >= 0.6 is 0 Å². The molecule has 0 saturated heterocycles. The van der Waals surface area contributed by atoms with Crippen LogP contribution in [0.1, 0.15) is 17.5 Å². The Labute approximate surface area is 173 Å². The van der Waals surface area contributed by atoms with Gasteiger partial charge in [-0.05, 0) is 12.1 Å². The molecule has 4 aromatic rings. The Morgan fingerprint density at radius 2 is 1.97 bits per heavy atom. The van der Waals surface area contributed by atoms with Gasteiger partial charge >= 0.3 is 6.18 Å². The van der Waals surface area contributed by atoms with Crippen molar-refractivity contribution < 1.29 is 17.9 Å². The molecule has 3 aromatic heterocycles. The summed E-state index contributed by atoms with van der Waals surface area (Å²) in [6.45, 7) is 1.74. The van der Waals surface area contributed by atoms with Crippen LogP contribution in [0.2, 0.25) is 0 Å². The highest BCUT2D eigenvalue weighted by Gasteiger charge is 2.37. The third kappa shape index (κ3) is 3.40. The molecule has 0 fully saturated rings. The molecule has 162 valence electrons. The summed E-state index contributed by atoms with van der Waals surface area (Å²) < 4.78 is 46.7. The van der Waals surface area contributed by atoms with E-state index in [0.29, 0.717) is 54.6 Å². The minimum absolute atomic E-state index is 0.191. The molecule has 2 N–H and O–H groups in total. The summed E-state index contributed by atoms with van der Waals surface area (Å²) in [6.07, 6.45) is -4.05. The van der Waals surface area contributed by atoms with Gasteiger partial charge in [0.05, 0.1) is 20.2 Å². The lowest BCUT2D eigenvalue weighted by Crippen LogP contribution is -2.35. The van der Waals surface area contributed by atoms with Crippen LogP contribution in [0.3, 0.4) is 0 Å². The highest BCUT2D eigenvalue weighted by molar-refractivity contribution is 5.95. The number of aromatic nitrogens is 7. The van der Waals surface area contributed by atoms with Crippen molar-refractivity contribution in [3.63, 3.8) is 0 Å². The zero-order chi connectivity index (χ0) is 21.8. The smallest absolute Gasteiger partial charge is 0.453 e. The fourth-order valence-corrected chi connectivity index (χ4v) is 3.69. The molecule has 0 radical (unpaired) electrons. The molecule has 31 heavy (non-hydrogen) atoms. The van der Waals surface area contributed by atoms with Crippen LogP contribution in [-0.2, 0) is 25.7 Å². The van der Waals surface area contributed by atoms with Crippen LogP contribution in [-0.4, -0.2) is 59.4 Å². The minimum atomic E-state index is -4.55. The number of ether oxygens (including phenoxy) is 1. The predicted molar refractivity (Wildman–Crippen MR) is 103 cm³/mol. The predicted octanol–water partition coefficient (Wildman–Crippen LogP) is 1.54. The highest BCUT2D eigenvalue weighted by Crippen LogP contribution is 2.28. The molecule has 1 aromatic carbocycles. The number of rotatable bonds is 4. The molecule has 10 nitrogen and oxygen atoms in total. The van der Waals surface area contributed by atoms with Crippen molar-refractivity contribution in [3.05, 3.63) is 35.7 Å². The lowest BCUT2D eigenvalue weighted by Gasteiger charge is -2.25. The molecular weight excluding hydrogens is 415 g/mol. The maximum Gasteiger partial charge on any atom is 0.453 e. The van der Waals surface area contributed by atoms with Crippen LogP contribution in [0.5, 0.6) is 5.75 Å². The summed E-state index contributed by atoms with van der Waals surface area (Å²) in [4.78, 5) is 14.6. The van der Waals surface area contributed by atoms with E-state index < -0.39 is 12.0 Å². The van der Waals surface area contributed by atoms with E-state index in [1.807, 2.05) is 17.0 Å². The molecule has 13 heteroatoms. The van der Waals surface area contributed by atoms with E-state index in [1.165, 1.54) is 9.20 Å². The van der Waals surface area contributed by atoms with Crippen LogP contribution < -0.4 is 10.5 Å². The average molecular weight is 433 g/mol. The summed E-state index contributed by atoms with van der Waals surface area (Å²) in [5.74, 6) is 0.542. The second-order valence-electron chi connectivity index (χ2n) is 7.19. The van der Waals surface area contributed by atoms with E-state index >= 15 is 0 Å². The Morgan fingerprint density at radius 1 is 1.13 bits per heavy atom. The van der Waals surface area contributed by atoms with Crippen LogP contribution in [0.25, 0.3) is 16.6 Å². The van der Waals surface area contributed by atoms with Gasteiger partial charge in [-0.2, -0.15) is 17.7 Å². The fourth-order valence-electron chi connectivity index (χ4n) is 3.69. The van der Waals surface area contributed by atoms with Gasteiger partial charge in [0.1, 0.15) is 17.1 Å². The third-order valence-electron chi connectivity index (χ3n) is 5.20. The molecule has 0 saturated carbocycles. The molecule has 0 bridgehead atoms. The van der Waals surface area contributed by atoms with Gasteiger partial charge in [0.15, 0.2) is 11.5 Å². The van der Waals surface area contributed by atoms with Crippen molar-refractivity contribution in [1.29, 1.82) is 0 Å². The Hall–Kier alpha value is -3.48. The Kier molecular flexibility index (Phi) is 4.43. The lowest BCUT2D eigenvalue weighted by atomic mass is 10.2. The first-order valence-electron chi connectivity index (χ1n) is 9.54. The number of anilines is 1. The number of fused-ring (bicyclic) bond motifs is 4. The SMILES string of the molecule is COc1cccc2c1nc(N)n1nc(CCN3CCn4nc(C(F)(F)F)nc4C3)nc21. The number of alkyl halides is 3. The first kappa shape index (κ1) is 19.5. The number of hydrogen-bond donors (Lipinski definition) is 1. The highest BCUT2D eigenvalue weighted by atomic mass is 19.4. The maximum absolute atomic E-state index is 12.8. The first-order valence-corrected chi connectivity index (χ1v) is 9.54. The number of benzene rings is 1. The number of nitrogens with two attached hydrogens (primary N) is 1. The average Bonchev–Trinajstić information content (AvgIpc) is 3.36. The first-order chi connectivity index (χ1) is 14.8. The van der Waals surface area contributed by atoms with Crippen molar-refractivity contribution in [2.75, 3.05) is 25.9 Å². The molecule has 0 amide bonds. The van der Waals surface area contributed by atoms with E-state index in [2.05, 4.69) is 25.1 Å². The second-order valence-corrected chi connectivity index (χ2v) is 7.19. The quantitative estimate of drug-likeness (QED) is 0.516. The van der Waals surface area contributed by atoms with Gasteiger partial charge < -0.3 is 10.5 Å². The van der Waals surface area contributed by atoms with Crippen molar-refractivity contribution in [2.24, 2.45) is 0 Å². The number of para-hydroxylation sites is 1. The number of halogens is 3. The molecule has 0 spiro atoms. The molecule has 0 atom stereocenters. The zero-order valence-corrected chi connectivity index (χ0v) is 16.5. The molecule has 4 heterocycles. The third-order valence-corrected chi connectivity index (χ3v) is 5.20. The lowest BCUT2D eigenvalue weighted by molar-refractivity contribution is -0.145. The molecule has 1 aliphatic heterocycles. The molecule has 1 aliphatic rings. The topological polar surface area (TPSA) is 112 Å². The van der Waals surface area contributed by atoms with Crippen molar-refractivity contribution in [3.8, 4) is 5.75 Å². The molecular formula is C18H18F3N9O. The second kappa shape index (κ2) is 7.04. The minimum Gasteiger partial charge on any atom is -0.494 e. The van der Waals surface area contributed by atoms with Gasteiger partial charge in [-0.3, -0.25) is 4.90 Å². The van der Waals surface area contributed by atoms with Gasteiger partial charge in [-0.1, -0.05) is 6.07 Å². The summed E-state index contributed by atoms with van der Waals surface area (Å²) in [6, 6.07) is 5.50. The summed E-state index contributed by atoms with van der Waals surface area (Å²) in [7, 11) is 1.56. The van der Waals surface area contributed by atoms with Gasteiger partial charge in [0, 0.05) is 24.9 Å². The normalized spacial score (nSPS) is 15.0. The van der Waals surface area contributed by atoms with E-state index in [1.54, 1.807) is 13.2 Å². The van der Waals surface area contributed by atoms with Crippen molar-refractivity contribution >= 4 is 22.5 Å². The van der Waals surface area contributed by atoms with E-state index in [4.69, 9.17) is 10.5 Å². The molecule has 0 unspecified atom stereocenters. The Bertz CT molecular complexity index is 1280. The summed E-state index contributed by atoms with van der Waals surface area (Å²) in [5, 5.41) is 8.76. The van der Waals surface area contributed by atoms with Gasteiger partial charge in [0.2, 0.25) is 5.95 Å². The fraction of sp³-hybridized carbons (Fsp3) is 0.389. The Balaban J connectivity index is 1.36. The van der Waals surface area contributed by atoms with E-state index in [9.17, 15) is 13.2 Å². The number of methoxy groups -OCH3 is 1. The van der Waals surface area contributed by atoms with E-state index in [0.717, 1.165) is 5.39 Å². The van der Waals surface area contributed by atoms with Crippen LogP contribution in [0.15, 0.2) is 18.2 Å². The zero-order valence-electron chi connectivity index (χ0n) is 16.5. The number of hydrogen-bond acceptors (Lipinski definition) is 8. The summed E-state index contributed by atoms with van der Waals surface area (Å²) in [5.41, 5.74) is 7.24. The van der Waals surface area contributed by atoms with Crippen molar-refractivity contribution in [1.82, 2.24) is 39.2 Å². The molecule has 5 rings (SSSR count). The van der Waals surface area contributed by atoms with Gasteiger partial charge in [-0.25, -0.2) is 19.6 Å². The van der Waals surface area contributed by atoms with Crippen LogP contribution in [0, 0.1) is 0 Å². The standard InChI is InChI=1S/C18H18F3N9O/c1-31-11-4-2-3-10-14(11)25-17(22)30-15(10)23-12(26-30)5-6-28-7-8-29-13(9-28)24-16(27-29)18(19,20)21/h2-4H,5-9H2,1H3,(H2,22,25). The molecule has 0 aliphatic carbocycles. The monoisotopic (exact) mass is 433 g/mol. The van der Waals surface area contributed by atoms with E-state index in [-0.39, 0.29) is 12.5 Å². The summed E-state index contributed by atoms with van der Waals surface area (Å²) >= 11 is 0. The van der Waals surface area contributed by atoms with Gasteiger partial charge in [0.25, 0.3) is 5.82 Å². The maximum atomic E-state index is 12.8. The van der Waals surface area contributed by atoms with Crippen LogP contribution in [0.4, 0.5) is 19.1 Å². The largest absolute Gasteiger partial charge is 0.494 e. The van der Waals surface area contributed by atoms with Crippen molar-refractivity contribution in [2.45, 2.75) is 25.7 Å². The Morgan fingerprint density at radius 3 is 2.74 bits per heavy atom. The van der Waals surface area contributed by atoms with Gasteiger partial charge in [-0.15, -0.1) is 10.2 Å².